The Balaban J connectivity index is 2.98. The standard InChI is InChI=1S/C7H12F3NO/c1-5(2)3-12-4-6(5,11)7(8,9)10/h3-4,11H2,1-2H3. The first-order valence-electron chi connectivity index (χ1n) is 3.64. The SMILES string of the molecule is CC1(C)COCC1(N)C(F)(F)F. The zero-order valence-corrected chi connectivity index (χ0v) is 7.03. The van der Waals surface area contributed by atoms with E-state index in [0.717, 1.165) is 0 Å². The third-order valence-corrected chi connectivity index (χ3v) is 2.51. The number of nitrogens with two attached hydrogens (primary N) is 1. The van der Waals surface area contributed by atoms with Crippen LogP contribution in [0.2, 0.25) is 0 Å². The van der Waals surface area contributed by atoms with E-state index >= 15 is 0 Å². The van der Waals surface area contributed by atoms with Crippen LogP contribution in [0.3, 0.4) is 0 Å². The average molecular weight is 183 g/mol. The summed E-state index contributed by atoms with van der Waals surface area (Å²) >= 11 is 0. The van der Waals surface area contributed by atoms with Gasteiger partial charge in [-0.1, -0.05) is 13.8 Å². The van der Waals surface area contributed by atoms with E-state index in [2.05, 4.69) is 0 Å². The number of alkyl halides is 3. The van der Waals surface area contributed by atoms with Gasteiger partial charge in [-0.05, 0) is 0 Å². The van der Waals surface area contributed by atoms with Gasteiger partial charge in [0, 0.05) is 5.41 Å². The summed E-state index contributed by atoms with van der Waals surface area (Å²) in [6, 6.07) is 0. The lowest BCUT2D eigenvalue weighted by Crippen LogP contribution is -2.62. The minimum Gasteiger partial charge on any atom is -0.379 e. The van der Waals surface area contributed by atoms with Crippen LogP contribution in [-0.4, -0.2) is 24.9 Å². The smallest absolute Gasteiger partial charge is 0.379 e. The molecule has 1 heterocycles. The van der Waals surface area contributed by atoms with E-state index in [9.17, 15) is 13.2 Å². The molecule has 0 aromatic carbocycles. The molecule has 2 nitrogen and oxygen atoms in total. The van der Waals surface area contributed by atoms with Crippen molar-refractivity contribution in [1.29, 1.82) is 0 Å². The molecule has 1 fully saturated rings. The lowest BCUT2D eigenvalue weighted by molar-refractivity contribution is -0.205. The van der Waals surface area contributed by atoms with Crippen LogP contribution in [0.4, 0.5) is 13.2 Å². The summed E-state index contributed by atoms with van der Waals surface area (Å²) in [5.74, 6) is 0. The Kier molecular flexibility index (Phi) is 1.92. The summed E-state index contributed by atoms with van der Waals surface area (Å²) in [5, 5.41) is 0. The Hall–Kier alpha value is -0.290. The number of halogens is 3. The van der Waals surface area contributed by atoms with Gasteiger partial charge in [0.1, 0.15) is 5.54 Å². The topological polar surface area (TPSA) is 35.2 Å². The van der Waals surface area contributed by atoms with Crippen molar-refractivity contribution in [2.24, 2.45) is 11.1 Å². The number of ether oxygens (including phenoxy) is 1. The van der Waals surface area contributed by atoms with Gasteiger partial charge in [0.05, 0.1) is 13.2 Å². The molecule has 0 spiro atoms. The highest BCUT2D eigenvalue weighted by atomic mass is 19.4. The van der Waals surface area contributed by atoms with Crippen LogP contribution in [0.5, 0.6) is 0 Å². The molecule has 1 aliphatic rings. The van der Waals surface area contributed by atoms with Crippen LogP contribution in [0.1, 0.15) is 13.8 Å². The van der Waals surface area contributed by atoms with Crippen molar-refractivity contribution >= 4 is 0 Å². The number of hydrogen-bond acceptors (Lipinski definition) is 2. The van der Waals surface area contributed by atoms with Gasteiger partial charge in [0.25, 0.3) is 0 Å². The molecule has 72 valence electrons. The van der Waals surface area contributed by atoms with Crippen LogP contribution < -0.4 is 5.73 Å². The van der Waals surface area contributed by atoms with E-state index in [-0.39, 0.29) is 6.61 Å². The largest absolute Gasteiger partial charge is 0.409 e. The lowest BCUT2D eigenvalue weighted by Gasteiger charge is -2.37. The highest BCUT2D eigenvalue weighted by Crippen LogP contribution is 2.45. The first kappa shape index (κ1) is 9.80. The van der Waals surface area contributed by atoms with E-state index in [1.165, 1.54) is 13.8 Å². The fraction of sp³-hybridized carbons (Fsp3) is 1.00. The Labute approximate surface area is 68.9 Å². The summed E-state index contributed by atoms with van der Waals surface area (Å²) in [4.78, 5) is 0. The summed E-state index contributed by atoms with van der Waals surface area (Å²) < 4.78 is 42.1. The van der Waals surface area contributed by atoms with Crippen LogP contribution in [0.15, 0.2) is 0 Å². The van der Waals surface area contributed by atoms with Gasteiger partial charge in [-0.2, -0.15) is 13.2 Å². The molecule has 2 N–H and O–H groups in total. The van der Waals surface area contributed by atoms with E-state index in [4.69, 9.17) is 10.5 Å². The molecule has 0 radical (unpaired) electrons. The minimum absolute atomic E-state index is 0.0585. The fourth-order valence-corrected chi connectivity index (χ4v) is 1.26. The van der Waals surface area contributed by atoms with E-state index in [0.29, 0.717) is 0 Å². The molecule has 0 bridgehead atoms. The molecule has 1 atom stereocenters. The van der Waals surface area contributed by atoms with Gasteiger partial charge in [-0.3, -0.25) is 0 Å². The van der Waals surface area contributed by atoms with Crippen molar-refractivity contribution in [3.8, 4) is 0 Å². The molecule has 1 aliphatic heterocycles. The zero-order chi connectivity index (χ0) is 9.62. The maximum atomic E-state index is 12.4. The lowest BCUT2D eigenvalue weighted by atomic mass is 9.75. The molecule has 0 aliphatic carbocycles. The predicted molar refractivity (Wildman–Crippen MR) is 37.6 cm³/mol. The Morgan fingerprint density at radius 3 is 1.92 bits per heavy atom. The summed E-state index contributed by atoms with van der Waals surface area (Å²) in [5.41, 5.74) is 2.03. The molecule has 1 unspecified atom stereocenters. The van der Waals surface area contributed by atoms with Crippen LogP contribution >= 0.6 is 0 Å². The molecule has 5 heteroatoms. The van der Waals surface area contributed by atoms with Crippen LogP contribution in [0.25, 0.3) is 0 Å². The second-order valence-corrected chi connectivity index (χ2v) is 3.85. The predicted octanol–water partition coefficient (Wildman–Crippen LogP) is 1.30. The first-order valence-corrected chi connectivity index (χ1v) is 3.64. The van der Waals surface area contributed by atoms with Crippen LogP contribution in [-0.2, 0) is 4.74 Å². The Morgan fingerprint density at radius 2 is 1.75 bits per heavy atom. The second kappa shape index (κ2) is 2.35. The molecule has 0 amide bonds. The van der Waals surface area contributed by atoms with Crippen molar-refractivity contribution < 1.29 is 17.9 Å². The van der Waals surface area contributed by atoms with Gasteiger partial charge in [-0.25, -0.2) is 0 Å². The first-order chi connectivity index (χ1) is 5.21. The Morgan fingerprint density at radius 1 is 1.25 bits per heavy atom. The summed E-state index contributed by atoms with van der Waals surface area (Å²) in [7, 11) is 0. The van der Waals surface area contributed by atoms with Crippen LogP contribution in [0, 0.1) is 5.41 Å². The van der Waals surface area contributed by atoms with Gasteiger partial charge >= 0.3 is 6.18 Å². The van der Waals surface area contributed by atoms with Gasteiger partial charge < -0.3 is 10.5 Å². The molecule has 0 saturated carbocycles. The molecule has 0 aromatic rings. The normalized spacial score (nSPS) is 35.5. The van der Waals surface area contributed by atoms with Gasteiger partial charge in [0.15, 0.2) is 0 Å². The maximum Gasteiger partial charge on any atom is 0.409 e. The molecule has 12 heavy (non-hydrogen) atoms. The van der Waals surface area contributed by atoms with Crippen molar-refractivity contribution in [3.63, 3.8) is 0 Å². The highest BCUT2D eigenvalue weighted by molar-refractivity contribution is 5.06. The zero-order valence-electron chi connectivity index (χ0n) is 7.03. The fourth-order valence-electron chi connectivity index (χ4n) is 1.26. The van der Waals surface area contributed by atoms with Crippen molar-refractivity contribution in [1.82, 2.24) is 0 Å². The van der Waals surface area contributed by atoms with E-state index < -0.39 is 23.7 Å². The van der Waals surface area contributed by atoms with Crippen molar-refractivity contribution in [2.45, 2.75) is 25.6 Å². The van der Waals surface area contributed by atoms with E-state index in [1.54, 1.807) is 0 Å². The second-order valence-electron chi connectivity index (χ2n) is 3.85. The maximum absolute atomic E-state index is 12.4. The highest BCUT2D eigenvalue weighted by Gasteiger charge is 2.63. The number of hydrogen-bond donors (Lipinski definition) is 1. The summed E-state index contributed by atoms with van der Waals surface area (Å²) in [6.07, 6.45) is -4.40. The minimum atomic E-state index is -4.40. The van der Waals surface area contributed by atoms with Gasteiger partial charge in [0.2, 0.25) is 0 Å². The van der Waals surface area contributed by atoms with Gasteiger partial charge in [-0.15, -0.1) is 0 Å². The molecule has 1 rings (SSSR count). The third kappa shape index (κ3) is 1.11. The van der Waals surface area contributed by atoms with E-state index in [1.807, 2.05) is 0 Å². The molecular formula is C7H12F3NO. The van der Waals surface area contributed by atoms with Crippen molar-refractivity contribution in [3.05, 3.63) is 0 Å². The summed E-state index contributed by atoms with van der Waals surface area (Å²) in [6.45, 7) is 2.55. The molecule has 0 aromatic heterocycles. The molecule has 1 saturated heterocycles. The number of rotatable bonds is 0. The van der Waals surface area contributed by atoms with Crippen molar-refractivity contribution in [2.75, 3.05) is 13.2 Å². The average Bonchev–Trinajstić information content (AvgIpc) is 2.07. The molecular weight excluding hydrogens is 171 g/mol. The third-order valence-electron chi connectivity index (χ3n) is 2.51. The Bertz CT molecular complexity index is 190. The quantitative estimate of drug-likeness (QED) is 0.614. The monoisotopic (exact) mass is 183 g/mol.